The summed E-state index contributed by atoms with van der Waals surface area (Å²) in [5, 5.41) is 5.73. The molecule has 2 unspecified atom stereocenters. The van der Waals surface area contributed by atoms with Gasteiger partial charge in [-0.1, -0.05) is 37.3 Å². The van der Waals surface area contributed by atoms with E-state index in [1.165, 1.54) is 6.92 Å². The van der Waals surface area contributed by atoms with Crippen molar-refractivity contribution in [1.82, 2.24) is 0 Å². The molecule has 2 N–H and O–H groups in total. The zero-order chi connectivity index (χ0) is 18.7. The van der Waals surface area contributed by atoms with Crippen LogP contribution in [0.15, 0.2) is 48.5 Å². The maximum Gasteiger partial charge on any atom is 0.228 e. The molecule has 0 saturated heterocycles. The Labute approximate surface area is 152 Å². The summed E-state index contributed by atoms with van der Waals surface area (Å²) < 4.78 is 0. The first-order chi connectivity index (χ1) is 12.5. The Bertz CT molecular complexity index is 860. The van der Waals surface area contributed by atoms with Gasteiger partial charge in [-0.2, -0.15) is 0 Å². The molecular weight excluding hydrogens is 328 g/mol. The summed E-state index contributed by atoms with van der Waals surface area (Å²) >= 11 is 0. The summed E-state index contributed by atoms with van der Waals surface area (Å²) in [5.41, 5.74) is 3.00. The van der Waals surface area contributed by atoms with Crippen LogP contribution in [0.5, 0.6) is 0 Å². The molecule has 0 aromatic heterocycles. The van der Waals surface area contributed by atoms with Gasteiger partial charge in [0.1, 0.15) is 0 Å². The molecule has 2 amide bonds. The Morgan fingerprint density at radius 1 is 0.962 bits per heavy atom. The minimum atomic E-state index is -0.329. The highest BCUT2D eigenvalue weighted by molar-refractivity contribution is 6.04. The fourth-order valence-corrected chi connectivity index (χ4v) is 3.00. The Morgan fingerprint density at radius 2 is 1.65 bits per heavy atom. The van der Waals surface area contributed by atoms with Crippen molar-refractivity contribution in [2.45, 2.75) is 26.7 Å². The normalized spacial score (nSPS) is 18.1. The summed E-state index contributed by atoms with van der Waals surface area (Å²) in [6.45, 7) is 3.52. The van der Waals surface area contributed by atoms with E-state index in [4.69, 9.17) is 0 Å². The minimum absolute atomic E-state index is 0.0561. The van der Waals surface area contributed by atoms with Crippen molar-refractivity contribution in [3.8, 4) is 0 Å². The first kappa shape index (κ1) is 17.9. The van der Waals surface area contributed by atoms with E-state index in [1.54, 1.807) is 24.3 Å². The Kier molecular flexibility index (Phi) is 5.16. The number of rotatable bonds is 6. The summed E-state index contributed by atoms with van der Waals surface area (Å²) in [7, 11) is 0. The lowest BCUT2D eigenvalue weighted by Gasteiger charge is -2.10. The van der Waals surface area contributed by atoms with Crippen LogP contribution in [0.4, 0.5) is 11.4 Å². The summed E-state index contributed by atoms with van der Waals surface area (Å²) in [5.74, 6) is -1.00. The van der Waals surface area contributed by atoms with Crippen molar-refractivity contribution in [3.63, 3.8) is 0 Å². The van der Waals surface area contributed by atoms with E-state index in [2.05, 4.69) is 10.6 Å². The highest BCUT2D eigenvalue weighted by Crippen LogP contribution is 2.40. The SMILES string of the molecule is CCc1ccccc1NC(=O)C1CC1C(=O)Nc1cccc(C(C)=O)c1. The number of anilines is 2. The number of para-hydroxylation sites is 1. The van der Waals surface area contributed by atoms with Crippen LogP contribution in [0.2, 0.25) is 0 Å². The summed E-state index contributed by atoms with van der Waals surface area (Å²) in [6, 6.07) is 14.5. The molecule has 134 valence electrons. The number of benzene rings is 2. The number of amides is 2. The van der Waals surface area contributed by atoms with Crippen molar-refractivity contribution in [1.29, 1.82) is 0 Å². The highest BCUT2D eigenvalue weighted by atomic mass is 16.2. The van der Waals surface area contributed by atoms with Gasteiger partial charge in [0.2, 0.25) is 11.8 Å². The molecule has 2 atom stereocenters. The van der Waals surface area contributed by atoms with Gasteiger partial charge in [0.25, 0.3) is 0 Å². The van der Waals surface area contributed by atoms with Gasteiger partial charge in [-0.25, -0.2) is 0 Å². The molecule has 0 radical (unpaired) electrons. The van der Waals surface area contributed by atoms with Gasteiger partial charge in [0, 0.05) is 16.9 Å². The highest BCUT2D eigenvalue weighted by Gasteiger charge is 2.48. The van der Waals surface area contributed by atoms with Crippen molar-refractivity contribution in [3.05, 3.63) is 59.7 Å². The zero-order valence-electron chi connectivity index (χ0n) is 14.9. The van der Waals surface area contributed by atoms with Crippen LogP contribution in [-0.2, 0) is 16.0 Å². The predicted octanol–water partition coefficient (Wildman–Crippen LogP) is 3.66. The van der Waals surface area contributed by atoms with Crippen LogP contribution < -0.4 is 10.6 Å². The van der Waals surface area contributed by atoms with Crippen LogP contribution in [0.25, 0.3) is 0 Å². The Balaban J connectivity index is 1.59. The lowest BCUT2D eigenvalue weighted by Crippen LogP contribution is -2.21. The van der Waals surface area contributed by atoms with Crippen LogP contribution >= 0.6 is 0 Å². The Morgan fingerprint density at radius 3 is 2.35 bits per heavy atom. The quantitative estimate of drug-likeness (QED) is 0.781. The van der Waals surface area contributed by atoms with Crippen LogP contribution in [-0.4, -0.2) is 17.6 Å². The van der Waals surface area contributed by atoms with Crippen molar-refractivity contribution >= 4 is 29.0 Å². The third kappa shape index (κ3) is 3.99. The summed E-state index contributed by atoms with van der Waals surface area (Å²) in [6.07, 6.45) is 1.37. The lowest BCUT2D eigenvalue weighted by molar-refractivity contribution is -0.122. The van der Waals surface area contributed by atoms with Crippen molar-refractivity contribution in [2.75, 3.05) is 10.6 Å². The minimum Gasteiger partial charge on any atom is -0.326 e. The zero-order valence-corrected chi connectivity index (χ0v) is 14.9. The average molecular weight is 350 g/mol. The largest absolute Gasteiger partial charge is 0.326 e. The monoisotopic (exact) mass is 350 g/mol. The van der Waals surface area contributed by atoms with E-state index in [9.17, 15) is 14.4 Å². The number of hydrogen-bond acceptors (Lipinski definition) is 3. The Hall–Kier alpha value is -2.95. The maximum atomic E-state index is 12.4. The van der Waals surface area contributed by atoms with E-state index >= 15 is 0 Å². The second kappa shape index (κ2) is 7.52. The van der Waals surface area contributed by atoms with Gasteiger partial charge in [0.15, 0.2) is 5.78 Å². The molecular formula is C21H22N2O3. The molecule has 0 bridgehead atoms. The van der Waals surface area contributed by atoms with E-state index in [1.807, 2.05) is 31.2 Å². The standard InChI is InChI=1S/C21H22N2O3/c1-3-14-7-4-5-10-19(14)23-21(26)18-12-17(18)20(25)22-16-9-6-8-15(11-16)13(2)24/h4-11,17-18H,3,12H2,1-2H3,(H,22,25)(H,23,26). The van der Waals surface area contributed by atoms with E-state index in [0.717, 1.165) is 17.7 Å². The molecule has 5 nitrogen and oxygen atoms in total. The van der Waals surface area contributed by atoms with Gasteiger partial charge in [0.05, 0.1) is 11.8 Å². The van der Waals surface area contributed by atoms with Crippen molar-refractivity contribution < 1.29 is 14.4 Å². The number of carbonyl (C=O) groups excluding carboxylic acids is 3. The van der Waals surface area contributed by atoms with Gasteiger partial charge < -0.3 is 10.6 Å². The smallest absolute Gasteiger partial charge is 0.228 e. The summed E-state index contributed by atoms with van der Waals surface area (Å²) in [4.78, 5) is 36.2. The molecule has 1 fully saturated rings. The fourth-order valence-electron chi connectivity index (χ4n) is 3.00. The molecule has 26 heavy (non-hydrogen) atoms. The van der Waals surface area contributed by atoms with Crippen LogP contribution in [0, 0.1) is 11.8 Å². The first-order valence-electron chi connectivity index (χ1n) is 8.80. The topological polar surface area (TPSA) is 75.3 Å². The number of ketones is 1. The number of nitrogens with one attached hydrogen (secondary N) is 2. The molecule has 3 rings (SSSR count). The number of hydrogen-bond donors (Lipinski definition) is 2. The van der Waals surface area contributed by atoms with Crippen molar-refractivity contribution in [2.24, 2.45) is 11.8 Å². The van der Waals surface area contributed by atoms with E-state index in [0.29, 0.717) is 17.7 Å². The molecule has 1 aliphatic rings. The molecule has 2 aromatic rings. The molecule has 0 spiro atoms. The third-order valence-electron chi connectivity index (χ3n) is 4.66. The molecule has 0 aliphatic heterocycles. The number of carbonyl (C=O) groups is 3. The third-order valence-corrected chi connectivity index (χ3v) is 4.66. The number of Topliss-reactive ketones (excluding diaryl/α,β-unsaturated/α-hetero) is 1. The first-order valence-corrected chi connectivity index (χ1v) is 8.80. The van der Waals surface area contributed by atoms with Gasteiger partial charge in [-0.3, -0.25) is 14.4 Å². The predicted molar refractivity (Wildman–Crippen MR) is 101 cm³/mol. The van der Waals surface area contributed by atoms with Crippen LogP contribution in [0.3, 0.4) is 0 Å². The van der Waals surface area contributed by atoms with Gasteiger partial charge in [-0.05, 0) is 43.5 Å². The van der Waals surface area contributed by atoms with E-state index < -0.39 is 0 Å². The second-order valence-electron chi connectivity index (χ2n) is 6.57. The molecule has 1 saturated carbocycles. The average Bonchev–Trinajstić information content (AvgIpc) is 3.43. The molecule has 0 heterocycles. The molecule has 2 aromatic carbocycles. The van der Waals surface area contributed by atoms with Gasteiger partial charge >= 0.3 is 0 Å². The maximum absolute atomic E-state index is 12.4. The lowest BCUT2D eigenvalue weighted by atomic mass is 10.1. The van der Waals surface area contributed by atoms with Gasteiger partial charge in [-0.15, -0.1) is 0 Å². The van der Waals surface area contributed by atoms with Crippen LogP contribution in [0.1, 0.15) is 36.2 Å². The fraction of sp³-hybridized carbons (Fsp3) is 0.286. The molecule has 1 aliphatic carbocycles. The van der Waals surface area contributed by atoms with E-state index in [-0.39, 0.29) is 29.4 Å². The molecule has 5 heteroatoms. The number of aryl methyl sites for hydroxylation is 1. The second-order valence-corrected chi connectivity index (χ2v) is 6.57.